The van der Waals surface area contributed by atoms with E-state index in [-0.39, 0.29) is 5.91 Å². The van der Waals surface area contributed by atoms with Crippen LogP contribution in [0.2, 0.25) is 0 Å². The Kier molecular flexibility index (Phi) is 3.82. The van der Waals surface area contributed by atoms with Crippen LogP contribution in [0.4, 0.5) is 5.13 Å². The number of likely N-dealkylation sites (N-methyl/N-ethyl adjacent to an activating group) is 1. The van der Waals surface area contributed by atoms with E-state index in [0.29, 0.717) is 5.13 Å². The van der Waals surface area contributed by atoms with Gasteiger partial charge < -0.3 is 10.6 Å². The summed E-state index contributed by atoms with van der Waals surface area (Å²) in [6.45, 7) is 8.40. The van der Waals surface area contributed by atoms with Gasteiger partial charge in [0, 0.05) is 11.1 Å². The van der Waals surface area contributed by atoms with Gasteiger partial charge in [0.05, 0.1) is 5.54 Å². The summed E-state index contributed by atoms with van der Waals surface area (Å²) in [6.07, 6.45) is 1.75. The fourth-order valence-corrected chi connectivity index (χ4v) is 1.85. The van der Waals surface area contributed by atoms with E-state index in [1.807, 2.05) is 27.7 Å². The highest BCUT2D eigenvalue weighted by Gasteiger charge is 2.26. The number of thiazole rings is 1. The van der Waals surface area contributed by atoms with Gasteiger partial charge in [-0.2, -0.15) is 0 Å². The number of aryl methyl sites for hydroxylation is 1. The third-order valence-corrected chi connectivity index (χ3v) is 2.86. The fraction of sp³-hybridized carbons (Fsp3) is 0.600. The molecule has 1 aromatic rings. The van der Waals surface area contributed by atoms with Gasteiger partial charge in [-0.25, -0.2) is 4.98 Å². The molecule has 15 heavy (non-hydrogen) atoms. The van der Waals surface area contributed by atoms with Crippen molar-refractivity contribution in [3.63, 3.8) is 0 Å². The molecule has 0 atom stereocenters. The Morgan fingerprint density at radius 1 is 1.60 bits per heavy atom. The lowest BCUT2D eigenvalue weighted by atomic mass is 10.1. The van der Waals surface area contributed by atoms with Gasteiger partial charge >= 0.3 is 0 Å². The van der Waals surface area contributed by atoms with Crippen LogP contribution in [0.1, 0.15) is 25.6 Å². The van der Waals surface area contributed by atoms with Gasteiger partial charge in [-0.15, -0.1) is 11.3 Å². The van der Waals surface area contributed by atoms with Crippen molar-refractivity contribution in [3.8, 4) is 0 Å². The highest BCUT2D eigenvalue weighted by atomic mass is 32.1. The smallest absolute Gasteiger partial charge is 0.245 e. The molecule has 0 spiro atoms. The summed E-state index contributed by atoms with van der Waals surface area (Å²) in [5.74, 6) is -0.0568. The van der Waals surface area contributed by atoms with E-state index < -0.39 is 5.54 Å². The van der Waals surface area contributed by atoms with Crippen LogP contribution in [0.15, 0.2) is 6.20 Å². The van der Waals surface area contributed by atoms with Crippen molar-refractivity contribution in [2.45, 2.75) is 33.2 Å². The highest BCUT2D eigenvalue weighted by molar-refractivity contribution is 7.15. The second-order valence-corrected chi connectivity index (χ2v) is 5.12. The fourth-order valence-electron chi connectivity index (χ4n) is 1.19. The lowest BCUT2D eigenvalue weighted by Crippen LogP contribution is -2.49. The average molecular weight is 227 g/mol. The zero-order chi connectivity index (χ0) is 11.5. The Morgan fingerprint density at radius 3 is 2.73 bits per heavy atom. The molecule has 2 N–H and O–H groups in total. The van der Waals surface area contributed by atoms with Crippen molar-refractivity contribution in [3.05, 3.63) is 11.1 Å². The summed E-state index contributed by atoms with van der Waals surface area (Å²) >= 11 is 1.48. The van der Waals surface area contributed by atoms with Crippen LogP contribution >= 0.6 is 11.3 Å². The van der Waals surface area contributed by atoms with Crippen LogP contribution in [0, 0.1) is 6.92 Å². The number of anilines is 1. The Morgan fingerprint density at radius 2 is 2.27 bits per heavy atom. The number of hydrogen-bond acceptors (Lipinski definition) is 4. The van der Waals surface area contributed by atoms with E-state index in [1.165, 1.54) is 11.3 Å². The minimum absolute atomic E-state index is 0.0568. The second kappa shape index (κ2) is 4.72. The molecule has 0 radical (unpaired) electrons. The molecule has 0 saturated heterocycles. The van der Waals surface area contributed by atoms with Crippen molar-refractivity contribution < 1.29 is 4.79 Å². The summed E-state index contributed by atoms with van der Waals surface area (Å²) in [5, 5.41) is 6.56. The first-order chi connectivity index (χ1) is 6.95. The van der Waals surface area contributed by atoms with E-state index >= 15 is 0 Å². The molecular weight excluding hydrogens is 210 g/mol. The number of amides is 1. The molecule has 1 aromatic heterocycles. The van der Waals surface area contributed by atoms with E-state index in [9.17, 15) is 4.79 Å². The average Bonchev–Trinajstić information content (AvgIpc) is 2.51. The van der Waals surface area contributed by atoms with Crippen molar-refractivity contribution in [2.75, 3.05) is 11.9 Å². The molecule has 0 aliphatic rings. The summed E-state index contributed by atoms with van der Waals surface area (Å²) < 4.78 is 0. The van der Waals surface area contributed by atoms with Gasteiger partial charge in [0.1, 0.15) is 0 Å². The first-order valence-electron chi connectivity index (χ1n) is 4.94. The standard InChI is InChI=1S/C10H17N3OS/c1-5-12-10(3,4)8(14)13-9-11-6-7(2)15-9/h6,12H,5H2,1-4H3,(H,11,13,14). The lowest BCUT2D eigenvalue weighted by Gasteiger charge is -2.23. The Labute approximate surface area is 94.1 Å². The molecule has 0 aromatic carbocycles. The molecule has 4 nitrogen and oxygen atoms in total. The van der Waals surface area contributed by atoms with E-state index in [1.54, 1.807) is 6.20 Å². The number of aromatic nitrogens is 1. The maximum absolute atomic E-state index is 11.8. The van der Waals surface area contributed by atoms with Gasteiger partial charge in [0.15, 0.2) is 5.13 Å². The molecule has 1 amide bonds. The van der Waals surface area contributed by atoms with Crippen molar-refractivity contribution >= 4 is 22.4 Å². The third kappa shape index (κ3) is 3.28. The normalized spacial score (nSPS) is 11.5. The Bertz CT molecular complexity index is 346. The van der Waals surface area contributed by atoms with Crippen LogP contribution < -0.4 is 10.6 Å². The van der Waals surface area contributed by atoms with Gasteiger partial charge in [-0.3, -0.25) is 4.79 Å². The second-order valence-electron chi connectivity index (χ2n) is 3.89. The number of nitrogens with zero attached hydrogens (tertiary/aromatic N) is 1. The largest absolute Gasteiger partial charge is 0.304 e. The van der Waals surface area contributed by atoms with Gasteiger partial charge in [0.2, 0.25) is 5.91 Å². The molecule has 0 unspecified atom stereocenters. The molecular formula is C10H17N3OS. The SMILES string of the molecule is CCNC(C)(C)C(=O)Nc1ncc(C)s1. The van der Waals surface area contributed by atoms with E-state index in [2.05, 4.69) is 15.6 Å². The van der Waals surface area contributed by atoms with Crippen molar-refractivity contribution in [1.29, 1.82) is 0 Å². The van der Waals surface area contributed by atoms with E-state index in [4.69, 9.17) is 0 Å². The predicted octanol–water partition coefficient (Wildman–Crippen LogP) is 1.78. The molecule has 1 rings (SSSR count). The van der Waals surface area contributed by atoms with Gasteiger partial charge in [-0.1, -0.05) is 6.92 Å². The summed E-state index contributed by atoms with van der Waals surface area (Å²) in [5.41, 5.74) is -0.561. The maximum Gasteiger partial charge on any atom is 0.245 e. The van der Waals surface area contributed by atoms with Crippen LogP contribution in [-0.2, 0) is 4.79 Å². The monoisotopic (exact) mass is 227 g/mol. The Hall–Kier alpha value is -0.940. The lowest BCUT2D eigenvalue weighted by molar-refractivity contribution is -0.121. The summed E-state index contributed by atoms with van der Waals surface area (Å²) in [6, 6.07) is 0. The maximum atomic E-state index is 11.8. The zero-order valence-electron chi connectivity index (χ0n) is 9.55. The minimum Gasteiger partial charge on any atom is -0.304 e. The van der Waals surface area contributed by atoms with Gasteiger partial charge in [0.25, 0.3) is 0 Å². The third-order valence-electron chi connectivity index (χ3n) is 2.03. The molecule has 0 fully saturated rings. The molecule has 0 aliphatic heterocycles. The summed E-state index contributed by atoms with van der Waals surface area (Å²) in [7, 11) is 0. The van der Waals surface area contributed by atoms with E-state index in [0.717, 1.165) is 11.4 Å². The van der Waals surface area contributed by atoms with Crippen molar-refractivity contribution in [2.24, 2.45) is 0 Å². The molecule has 0 saturated carbocycles. The molecule has 84 valence electrons. The summed E-state index contributed by atoms with van der Waals surface area (Å²) in [4.78, 5) is 17.0. The minimum atomic E-state index is -0.561. The highest BCUT2D eigenvalue weighted by Crippen LogP contribution is 2.17. The van der Waals surface area contributed by atoms with Gasteiger partial charge in [-0.05, 0) is 27.3 Å². The van der Waals surface area contributed by atoms with Crippen molar-refractivity contribution in [1.82, 2.24) is 10.3 Å². The number of carbonyl (C=O) groups is 1. The number of rotatable bonds is 4. The topological polar surface area (TPSA) is 54.0 Å². The van der Waals surface area contributed by atoms with Crippen LogP contribution in [0.3, 0.4) is 0 Å². The molecule has 0 bridgehead atoms. The quantitative estimate of drug-likeness (QED) is 0.824. The predicted molar refractivity (Wildman–Crippen MR) is 63.2 cm³/mol. The van der Waals surface area contributed by atoms with Crippen LogP contribution in [-0.4, -0.2) is 23.0 Å². The molecule has 1 heterocycles. The zero-order valence-corrected chi connectivity index (χ0v) is 10.4. The number of carbonyl (C=O) groups excluding carboxylic acids is 1. The molecule has 5 heteroatoms. The number of hydrogen-bond donors (Lipinski definition) is 2. The van der Waals surface area contributed by atoms with Crippen LogP contribution in [0.5, 0.6) is 0 Å². The first kappa shape index (κ1) is 12.1. The number of nitrogens with one attached hydrogen (secondary N) is 2. The first-order valence-corrected chi connectivity index (χ1v) is 5.76. The Balaban J connectivity index is 2.63. The van der Waals surface area contributed by atoms with Crippen LogP contribution in [0.25, 0.3) is 0 Å². The molecule has 0 aliphatic carbocycles.